The van der Waals surface area contributed by atoms with Crippen LogP contribution in [0.15, 0.2) is 70.1 Å². The average molecular weight is 477 g/mol. The highest BCUT2D eigenvalue weighted by atomic mass is 32.1. The van der Waals surface area contributed by atoms with Gasteiger partial charge in [-0.2, -0.15) is 0 Å². The number of carboxylic acids is 1. The summed E-state index contributed by atoms with van der Waals surface area (Å²) < 4.78 is 1.48. The van der Waals surface area contributed by atoms with Crippen molar-refractivity contribution in [3.05, 3.63) is 97.7 Å². The van der Waals surface area contributed by atoms with Crippen LogP contribution in [-0.2, 0) is 13.0 Å². The van der Waals surface area contributed by atoms with Crippen LogP contribution in [0, 0.1) is 4.77 Å². The Morgan fingerprint density at radius 2 is 1.82 bits per heavy atom. The topological polar surface area (TPSA) is 148 Å². The molecule has 0 amide bonds. The van der Waals surface area contributed by atoms with E-state index >= 15 is 0 Å². The van der Waals surface area contributed by atoms with E-state index in [-0.39, 0.29) is 33.3 Å². The Kier molecular flexibility index (Phi) is 6.15. The fourth-order valence-corrected chi connectivity index (χ4v) is 3.73. The van der Waals surface area contributed by atoms with Gasteiger partial charge in [0.2, 0.25) is 5.88 Å². The summed E-state index contributed by atoms with van der Waals surface area (Å²) in [5.41, 5.74) is 1.42. The van der Waals surface area contributed by atoms with Crippen molar-refractivity contribution in [2.75, 3.05) is 0 Å². The molecule has 1 aromatic heterocycles. The molecule has 10 heteroatoms. The molecule has 172 valence electrons. The summed E-state index contributed by atoms with van der Waals surface area (Å²) in [6.45, 7) is 0.294. The number of hydrogen-bond acceptors (Lipinski definition) is 7. The molecule has 34 heavy (non-hydrogen) atoms. The molecule has 0 radical (unpaired) electrons. The maximum Gasteiger partial charge on any atom is 0.339 e. The number of hydrogen-bond donors (Lipinski definition) is 5. The fraction of sp³-hybridized carbons (Fsp3) is 0.0833. The molecule has 5 N–H and O–H groups in total. The normalized spacial score (nSPS) is 13.9. The number of aliphatic imine (C=N–C) groups is 1. The van der Waals surface area contributed by atoms with Crippen LogP contribution in [0.2, 0.25) is 0 Å². The number of nitrogens with one attached hydrogen (secondary N) is 1. The van der Waals surface area contributed by atoms with Crippen LogP contribution in [0.25, 0.3) is 6.08 Å². The second kappa shape index (κ2) is 9.20. The molecule has 4 rings (SSSR count). The van der Waals surface area contributed by atoms with E-state index in [1.165, 1.54) is 28.8 Å². The molecule has 0 unspecified atom stereocenters. The number of rotatable bonds is 6. The SMILES string of the molecule is O=C(O)c1ccc(C2=N/C(=C/c3c(O)n(CCc4ccc(O)cc4)c(=S)[nH]c3=O)C=C2)cc1O. The van der Waals surface area contributed by atoms with Gasteiger partial charge in [-0.1, -0.05) is 18.2 Å². The van der Waals surface area contributed by atoms with Crippen LogP contribution in [0.1, 0.15) is 27.0 Å². The lowest BCUT2D eigenvalue weighted by Gasteiger charge is -2.11. The average Bonchev–Trinajstić information content (AvgIpc) is 3.26. The zero-order valence-electron chi connectivity index (χ0n) is 17.6. The van der Waals surface area contributed by atoms with Crippen LogP contribution in [0.5, 0.6) is 17.4 Å². The van der Waals surface area contributed by atoms with E-state index in [0.717, 1.165) is 5.56 Å². The van der Waals surface area contributed by atoms with Gasteiger partial charge >= 0.3 is 5.97 Å². The number of aryl methyl sites for hydroxylation is 1. The fourth-order valence-electron chi connectivity index (χ4n) is 3.45. The number of carbonyl (C=O) groups is 1. The third-order valence-electron chi connectivity index (χ3n) is 5.24. The summed E-state index contributed by atoms with van der Waals surface area (Å²) in [5, 5.41) is 39.1. The Balaban J connectivity index is 1.63. The van der Waals surface area contributed by atoms with Gasteiger partial charge in [0.15, 0.2) is 4.77 Å². The minimum Gasteiger partial charge on any atom is -0.508 e. The molecule has 0 spiro atoms. The van der Waals surface area contributed by atoms with E-state index in [1.54, 1.807) is 36.4 Å². The van der Waals surface area contributed by atoms with Crippen molar-refractivity contribution in [3.8, 4) is 17.4 Å². The smallest absolute Gasteiger partial charge is 0.339 e. The first-order chi connectivity index (χ1) is 16.2. The highest BCUT2D eigenvalue weighted by molar-refractivity contribution is 7.71. The number of phenolic OH excluding ortho intramolecular Hbond substituents is 1. The second-order valence-electron chi connectivity index (χ2n) is 7.50. The van der Waals surface area contributed by atoms with Gasteiger partial charge in [0.1, 0.15) is 22.6 Å². The van der Waals surface area contributed by atoms with E-state index in [1.807, 2.05) is 0 Å². The molecule has 1 aliphatic heterocycles. The summed E-state index contributed by atoms with van der Waals surface area (Å²) in [7, 11) is 0. The largest absolute Gasteiger partial charge is 0.508 e. The molecule has 9 nitrogen and oxygen atoms in total. The van der Waals surface area contributed by atoms with Gasteiger partial charge < -0.3 is 20.4 Å². The molecule has 0 saturated carbocycles. The number of H-pyrrole nitrogens is 1. The van der Waals surface area contributed by atoms with E-state index in [2.05, 4.69) is 9.98 Å². The number of aromatic carboxylic acids is 1. The highest BCUT2D eigenvalue weighted by Crippen LogP contribution is 2.24. The van der Waals surface area contributed by atoms with Crippen molar-refractivity contribution < 1.29 is 25.2 Å². The minimum absolute atomic E-state index is 0.0203. The Hall–Kier alpha value is -4.44. The highest BCUT2D eigenvalue weighted by Gasteiger charge is 2.16. The first-order valence-electron chi connectivity index (χ1n) is 10.1. The standard InChI is InChI=1S/C24H19N3O6S/c28-16-5-1-13(2-6-16)9-10-27-22(31)18(21(30)26-24(27)34)12-15-4-8-19(25-15)14-3-7-17(23(32)33)20(29)11-14/h1-8,11-12,28-29,31H,9-10H2,(H,32,33)(H,26,30,34)/b15-12+. The van der Waals surface area contributed by atoms with Crippen molar-refractivity contribution in [2.45, 2.75) is 13.0 Å². The van der Waals surface area contributed by atoms with E-state index in [9.17, 15) is 24.9 Å². The number of phenols is 2. The predicted octanol–water partition coefficient (Wildman–Crippen LogP) is 3.36. The van der Waals surface area contributed by atoms with E-state index in [0.29, 0.717) is 29.9 Å². The Bertz CT molecular complexity index is 1500. The zero-order chi connectivity index (χ0) is 24.4. The van der Waals surface area contributed by atoms with Crippen molar-refractivity contribution in [1.82, 2.24) is 9.55 Å². The number of aromatic amines is 1. The molecule has 1 aliphatic rings. The third kappa shape index (κ3) is 4.66. The third-order valence-corrected chi connectivity index (χ3v) is 5.57. The predicted molar refractivity (Wildman–Crippen MR) is 128 cm³/mol. The molecular formula is C24H19N3O6S. The van der Waals surface area contributed by atoms with Crippen molar-refractivity contribution in [3.63, 3.8) is 0 Å². The van der Waals surface area contributed by atoms with Crippen LogP contribution < -0.4 is 5.56 Å². The molecular weight excluding hydrogens is 458 g/mol. The maximum absolute atomic E-state index is 12.5. The number of allylic oxidation sites excluding steroid dienone is 2. The molecule has 3 aromatic rings. The molecule has 0 atom stereocenters. The lowest BCUT2D eigenvalue weighted by atomic mass is 10.1. The first kappa shape index (κ1) is 22.7. The maximum atomic E-state index is 12.5. The second-order valence-corrected chi connectivity index (χ2v) is 7.89. The summed E-state index contributed by atoms with van der Waals surface area (Å²) >= 11 is 5.21. The van der Waals surface area contributed by atoms with Gasteiger partial charge in [0.05, 0.1) is 11.4 Å². The molecule has 0 saturated heterocycles. The van der Waals surface area contributed by atoms with E-state index < -0.39 is 11.5 Å². The van der Waals surface area contributed by atoms with Crippen molar-refractivity contribution in [1.29, 1.82) is 0 Å². The first-order valence-corrected chi connectivity index (χ1v) is 10.5. The molecule has 2 aromatic carbocycles. The van der Waals surface area contributed by atoms with Crippen LogP contribution >= 0.6 is 12.2 Å². The van der Waals surface area contributed by atoms with Crippen LogP contribution in [0.4, 0.5) is 0 Å². The zero-order valence-corrected chi connectivity index (χ0v) is 18.4. The number of benzene rings is 2. The van der Waals surface area contributed by atoms with Gasteiger partial charge in [-0.05, 0) is 66.7 Å². The number of nitrogens with zero attached hydrogens (tertiary/aromatic N) is 2. The molecule has 0 fully saturated rings. The monoisotopic (exact) mass is 477 g/mol. The molecule has 2 heterocycles. The Morgan fingerprint density at radius 3 is 2.50 bits per heavy atom. The van der Waals surface area contributed by atoms with Gasteiger partial charge in [-0.15, -0.1) is 0 Å². The molecule has 0 aliphatic carbocycles. The summed E-state index contributed by atoms with van der Waals surface area (Å²) in [6.07, 6.45) is 5.18. The van der Waals surface area contributed by atoms with Crippen LogP contribution in [-0.4, -0.2) is 41.7 Å². The van der Waals surface area contributed by atoms with Crippen molar-refractivity contribution in [2.24, 2.45) is 4.99 Å². The summed E-state index contributed by atoms with van der Waals surface area (Å²) in [6, 6.07) is 10.7. The number of aromatic hydroxyl groups is 3. The Labute approximate surface area is 197 Å². The summed E-state index contributed by atoms with van der Waals surface area (Å²) in [4.78, 5) is 30.5. The lowest BCUT2D eigenvalue weighted by Crippen LogP contribution is -2.17. The quantitative estimate of drug-likeness (QED) is 0.342. The van der Waals surface area contributed by atoms with Crippen molar-refractivity contribution >= 4 is 30.0 Å². The number of aromatic nitrogens is 2. The van der Waals surface area contributed by atoms with E-state index in [4.69, 9.17) is 17.3 Å². The van der Waals surface area contributed by atoms with Crippen LogP contribution in [0.3, 0.4) is 0 Å². The van der Waals surface area contributed by atoms with Gasteiger partial charge in [0, 0.05) is 12.1 Å². The Morgan fingerprint density at radius 1 is 1.09 bits per heavy atom. The lowest BCUT2D eigenvalue weighted by molar-refractivity contribution is 0.0693. The van der Waals surface area contributed by atoms with Gasteiger partial charge in [0.25, 0.3) is 5.56 Å². The summed E-state index contributed by atoms with van der Waals surface area (Å²) in [5.74, 6) is -1.78. The van der Waals surface area contributed by atoms with Gasteiger partial charge in [-0.25, -0.2) is 9.79 Å². The van der Waals surface area contributed by atoms with Gasteiger partial charge in [-0.3, -0.25) is 14.3 Å². The minimum atomic E-state index is -1.24. The number of carboxylic acid groups (broad SMARTS) is 1. The molecule has 0 bridgehead atoms.